The fraction of sp³-hybridized carbons (Fsp3) is 0.345. The van der Waals surface area contributed by atoms with E-state index in [2.05, 4.69) is 20.8 Å². The van der Waals surface area contributed by atoms with Crippen LogP contribution in [0.5, 0.6) is 0 Å². The van der Waals surface area contributed by atoms with Gasteiger partial charge in [0.25, 0.3) is 11.4 Å². The van der Waals surface area contributed by atoms with Crippen LogP contribution >= 0.6 is 11.8 Å². The number of ether oxygens (including phenoxy) is 3. The number of tetrazole rings is 1. The fourth-order valence-corrected chi connectivity index (χ4v) is 6.43. The molecule has 3 unspecified atom stereocenters. The molecule has 2 amide bonds. The molecular weight excluding hydrogens is 684 g/mol. The minimum atomic E-state index is -1.28. The molecule has 1 aromatic heterocycles. The molecule has 0 bridgehead atoms. The summed E-state index contributed by atoms with van der Waals surface area (Å²) in [6.45, 7) is 1.33. The van der Waals surface area contributed by atoms with Crippen LogP contribution in [0.1, 0.15) is 30.3 Å². The van der Waals surface area contributed by atoms with Crippen LogP contribution in [0, 0.1) is 26.1 Å². The molecule has 1 saturated heterocycles. The van der Waals surface area contributed by atoms with Gasteiger partial charge in [0, 0.05) is 41.3 Å². The molecule has 3 aromatic rings. The van der Waals surface area contributed by atoms with Crippen LogP contribution in [0.15, 0.2) is 59.1 Å². The predicted molar refractivity (Wildman–Crippen MR) is 168 cm³/mol. The van der Waals surface area contributed by atoms with Crippen molar-refractivity contribution >= 4 is 47.3 Å². The topological polar surface area (TPSA) is 261 Å². The summed E-state index contributed by atoms with van der Waals surface area (Å²) in [4.78, 5) is 71.8. The van der Waals surface area contributed by atoms with Crippen LogP contribution in [0.3, 0.4) is 0 Å². The Balaban J connectivity index is 1.07. The minimum absolute atomic E-state index is 0.0833. The first-order valence-electron chi connectivity index (χ1n) is 14.8. The van der Waals surface area contributed by atoms with E-state index >= 15 is 0 Å². The van der Waals surface area contributed by atoms with Crippen LogP contribution in [-0.4, -0.2) is 82.1 Å². The number of aliphatic carboxylic acids is 1. The maximum absolute atomic E-state index is 13.0. The standard InChI is InChI=1S/C29H28N8O12S/c1-16(49-29(42)48-15-18-4-8-20(9-5-18)37(45)46)24-21-12-22(25(27(39)40)35(21)26(24)38)50-11-10-34-23(31-32-33-34)13-30-28(41)47-14-17-2-6-19(7-3-17)36(43)44/h2-9,16,21,24H,10-15H2,1H3,(H,30,41)(H,39,40). The average molecular weight is 713 g/mol. The van der Waals surface area contributed by atoms with Gasteiger partial charge in [-0.25, -0.2) is 19.1 Å². The van der Waals surface area contributed by atoms with Gasteiger partial charge in [-0.1, -0.05) is 0 Å². The third-order valence-electron chi connectivity index (χ3n) is 7.76. The molecule has 5 rings (SSSR count). The number of carboxylic acid groups (broad SMARTS) is 1. The number of amides is 2. The number of nitro groups is 2. The van der Waals surface area contributed by atoms with Gasteiger partial charge >= 0.3 is 18.2 Å². The van der Waals surface area contributed by atoms with Crippen molar-refractivity contribution in [2.45, 2.75) is 51.8 Å². The van der Waals surface area contributed by atoms with E-state index in [0.717, 1.165) is 0 Å². The molecule has 1 fully saturated rings. The summed E-state index contributed by atoms with van der Waals surface area (Å²) in [7, 11) is 0. The summed E-state index contributed by atoms with van der Waals surface area (Å²) in [5.74, 6) is -1.98. The Labute approximate surface area is 285 Å². The van der Waals surface area contributed by atoms with Crippen molar-refractivity contribution < 1.29 is 48.3 Å². The van der Waals surface area contributed by atoms with Gasteiger partial charge < -0.3 is 29.5 Å². The van der Waals surface area contributed by atoms with E-state index in [0.29, 0.717) is 27.6 Å². The van der Waals surface area contributed by atoms with Crippen molar-refractivity contribution in [3.8, 4) is 0 Å². The van der Waals surface area contributed by atoms with Crippen molar-refractivity contribution in [2.75, 3.05) is 5.75 Å². The van der Waals surface area contributed by atoms with Crippen LogP contribution < -0.4 is 5.32 Å². The number of fused-ring (bicyclic) bond motifs is 1. The number of carbonyl (C=O) groups excluding carboxylic acids is 3. The summed E-state index contributed by atoms with van der Waals surface area (Å²) in [6, 6.07) is 10.4. The molecule has 3 heterocycles. The first kappa shape index (κ1) is 35.2. The Morgan fingerprint density at radius 3 is 2.20 bits per heavy atom. The van der Waals surface area contributed by atoms with Crippen molar-refractivity contribution in [2.24, 2.45) is 5.92 Å². The lowest BCUT2D eigenvalue weighted by Gasteiger charge is -2.45. The number of nitrogens with one attached hydrogen (secondary N) is 1. The van der Waals surface area contributed by atoms with E-state index in [1.165, 1.54) is 76.8 Å². The third kappa shape index (κ3) is 8.11. The van der Waals surface area contributed by atoms with E-state index in [4.69, 9.17) is 14.2 Å². The number of benzene rings is 2. The molecule has 50 heavy (non-hydrogen) atoms. The Morgan fingerprint density at radius 2 is 1.62 bits per heavy atom. The predicted octanol–water partition coefficient (Wildman–Crippen LogP) is 2.92. The van der Waals surface area contributed by atoms with Gasteiger partial charge in [0.05, 0.1) is 34.9 Å². The smallest absolute Gasteiger partial charge is 0.477 e. The number of hydrogen-bond acceptors (Lipinski definition) is 15. The fourth-order valence-electron chi connectivity index (χ4n) is 5.30. The Morgan fingerprint density at radius 1 is 1.02 bits per heavy atom. The van der Waals surface area contributed by atoms with E-state index in [1.54, 1.807) is 0 Å². The van der Waals surface area contributed by atoms with Crippen LogP contribution in [0.25, 0.3) is 0 Å². The first-order chi connectivity index (χ1) is 23.9. The normalized spacial score (nSPS) is 17.0. The zero-order valence-corrected chi connectivity index (χ0v) is 26.9. The zero-order chi connectivity index (χ0) is 35.9. The van der Waals surface area contributed by atoms with Gasteiger partial charge in [0.15, 0.2) is 5.82 Å². The molecule has 0 radical (unpaired) electrons. The number of thioether (sulfide) groups is 1. The SMILES string of the molecule is CC(OC(=O)OCc1ccc([N+](=O)[O-])cc1)C1C(=O)N2C(C(=O)O)=C(SCCn3nnnc3CNC(=O)OCc3ccc([N+](=O)[O-])cc3)CC12. The molecule has 21 heteroatoms. The van der Waals surface area contributed by atoms with E-state index in [9.17, 15) is 44.5 Å². The first-order valence-corrected chi connectivity index (χ1v) is 15.8. The highest BCUT2D eigenvalue weighted by molar-refractivity contribution is 8.03. The highest BCUT2D eigenvalue weighted by Crippen LogP contribution is 2.47. The monoisotopic (exact) mass is 712 g/mol. The van der Waals surface area contributed by atoms with Crippen molar-refractivity contribution in [3.63, 3.8) is 0 Å². The lowest BCUT2D eigenvalue weighted by molar-refractivity contribution is -0.385. The summed E-state index contributed by atoms with van der Waals surface area (Å²) < 4.78 is 16.9. The lowest BCUT2D eigenvalue weighted by Crippen LogP contribution is -2.62. The molecular formula is C29H28N8O12S. The lowest BCUT2D eigenvalue weighted by atomic mass is 9.83. The van der Waals surface area contributed by atoms with Crippen LogP contribution in [0.2, 0.25) is 0 Å². The molecule has 20 nitrogen and oxygen atoms in total. The Bertz CT molecular complexity index is 1830. The van der Waals surface area contributed by atoms with Crippen molar-refractivity contribution in [1.29, 1.82) is 0 Å². The highest BCUT2D eigenvalue weighted by Gasteiger charge is 2.58. The average Bonchev–Trinajstić information content (AvgIpc) is 3.67. The Kier molecular flexibility index (Phi) is 10.8. The number of aromatic nitrogens is 4. The number of rotatable bonds is 15. The molecule has 2 aliphatic heterocycles. The second kappa shape index (κ2) is 15.4. The van der Waals surface area contributed by atoms with Crippen molar-refractivity contribution in [3.05, 3.63) is 96.3 Å². The number of non-ortho nitro benzene ring substituents is 2. The van der Waals surface area contributed by atoms with Gasteiger partial charge in [-0.05, 0) is 52.7 Å². The summed E-state index contributed by atoms with van der Waals surface area (Å²) >= 11 is 1.21. The van der Waals surface area contributed by atoms with Crippen LogP contribution in [0.4, 0.5) is 21.0 Å². The zero-order valence-electron chi connectivity index (χ0n) is 26.1. The molecule has 0 aliphatic carbocycles. The number of aryl methyl sites for hydroxylation is 1. The second-order valence-electron chi connectivity index (χ2n) is 10.9. The largest absolute Gasteiger partial charge is 0.508 e. The van der Waals surface area contributed by atoms with Gasteiger partial charge in [-0.15, -0.1) is 16.9 Å². The van der Waals surface area contributed by atoms with E-state index < -0.39 is 52.0 Å². The number of hydrogen-bond donors (Lipinski definition) is 2. The van der Waals surface area contributed by atoms with E-state index in [1.807, 2.05) is 0 Å². The number of nitrogens with zero attached hydrogens (tertiary/aromatic N) is 7. The molecule has 0 spiro atoms. The maximum atomic E-state index is 13.0. The van der Waals surface area contributed by atoms with Crippen molar-refractivity contribution in [1.82, 2.24) is 30.4 Å². The van der Waals surface area contributed by atoms with Gasteiger partial charge in [-0.3, -0.25) is 25.0 Å². The molecule has 3 atom stereocenters. The summed E-state index contributed by atoms with van der Waals surface area (Å²) in [6.07, 6.45) is -2.52. The number of alkyl carbamates (subject to hydrolysis) is 1. The third-order valence-corrected chi connectivity index (χ3v) is 8.85. The van der Waals surface area contributed by atoms with Gasteiger partial charge in [0.2, 0.25) is 5.91 Å². The van der Waals surface area contributed by atoms with Gasteiger partial charge in [0.1, 0.15) is 25.0 Å². The highest BCUT2D eigenvalue weighted by atomic mass is 32.2. The number of carboxylic acids is 1. The molecule has 2 aliphatic rings. The Hall–Kier alpha value is -6.12. The number of β-lactam (4-membered cyclic amide) rings is 1. The second-order valence-corrected chi connectivity index (χ2v) is 12.1. The quantitative estimate of drug-likeness (QED) is 0.0993. The minimum Gasteiger partial charge on any atom is -0.477 e. The van der Waals surface area contributed by atoms with Crippen LogP contribution in [-0.2, 0) is 50.1 Å². The van der Waals surface area contributed by atoms with Gasteiger partial charge in [-0.2, -0.15) is 0 Å². The summed E-state index contributed by atoms with van der Waals surface area (Å²) in [5.41, 5.74) is 0.684. The summed E-state index contributed by atoms with van der Waals surface area (Å²) in [5, 5.41) is 45.4. The maximum Gasteiger partial charge on any atom is 0.508 e. The number of nitro benzene ring substituents is 2. The number of carbonyl (C=O) groups is 4. The van der Waals surface area contributed by atoms with E-state index in [-0.39, 0.29) is 49.8 Å². The molecule has 262 valence electrons. The molecule has 2 N–H and O–H groups in total. The molecule has 2 aromatic carbocycles. The molecule has 0 saturated carbocycles.